The number of rotatable bonds is 5. The fraction of sp³-hybridized carbons (Fsp3) is 0.381. The molecule has 26 heavy (non-hydrogen) atoms. The first-order valence-electron chi connectivity index (χ1n) is 9.29. The van der Waals surface area contributed by atoms with Gasteiger partial charge in [0.2, 0.25) is 0 Å². The standard InChI is InChI=1S/C21H27N3OS/c1-3-17-4-8-19(9-5-17)22-21(26)24-14-12-23(13-15-24)16-18-6-10-20(25-2)11-7-18/h4-11H,3,12-16H2,1-2H3,(H,22,26)/p+1. The van der Waals surface area contributed by atoms with Gasteiger partial charge in [-0.2, -0.15) is 0 Å². The number of nitrogens with one attached hydrogen (secondary N) is 2. The molecule has 3 rings (SSSR count). The molecule has 0 atom stereocenters. The smallest absolute Gasteiger partial charge is 0.173 e. The molecule has 1 saturated heterocycles. The van der Waals surface area contributed by atoms with E-state index >= 15 is 0 Å². The Morgan fingerprint density at radius 1 is 1.04 bits per heavy atom. The maximum absolute atomic E-state index is 5.60. The number of ether oxygens (including phenoxy) is 1. The number of methoxy groups -OCH3 is 1. The lowest BCUT2D eigenvalue weighted by Crippen LogP contribution is -3.13. The minimum atomic E-state index is 0.831. The van der Waals surface area contributed by atoms with E-state index in [-0.39, 0.29) is 0 Å². The Labute approximate surface area is 161 Å². The molecule has 0 bridgehead atoms. The van der Waals surface area contributed by atoms with E-state index in [9.17, 15) is 0 Å². The van der Waals surface area contributed by atoms with Crippen molar-refractivity contribution in [1.82, 2.24) is 4.90 Å². The molecule has 0 spiro atoms. The number of anilines is 1. The van der Waals surface area contributed by atoms with Crippen LogP contribution in [0.5, 0.6) is 5.75 Å². The summed E-state index contributed by atoms with van der Waals surface area (Å²) in [5.74, 6) is 0.914. The largest absolute Gasteiger partial charge is 0.497 e. The highest BCUT2D eigenvalue weighted by Gasteiger charge is 2.21. The van der Waals surface area contributed by atoms with Crippen molar-refractivity contribution in [3.05, 3.63) is 59.7 Å². The van der Waals surface area contributed by atoms with Crippen molar-refractivity contribution in [1.29, 1.82) is 0 Å². The molecule has 1 fully saturated rings. The minimum absolute atomic E-state index is 0.831. The molecule has 0 unspecified atom stereocenters. The summed E-state index contributed by atoms with van der Waals surface area (Å²) >= 11 is 5.60. The van der Waals surface area contributed by atoms with E-state index in [1.54, 1.807) is 12.0 Å². The fourth-order valence-electron chi connectivity index (χ4n) is 3.26. The highest BCUT2D eigenvalue weighted by atomic mass is 32.1. The summed E-state index contributed by atoms with van der Waals surface area (Å²) in [6.45, 7) is 7.40. The Hall–Kier alpha value is -2.11. The van der Waals surface area contributed by atoms with E-state index in [0.29, 0.717) is 0 Å². The predicted octanol–water partition coefficient (Wildman–Crippen LogP) is 2.36. The van der Waals surface area contributed by atoms with Crippen molar-refractivity contribution in [2.75, 3.05) is 38.6 Å². The third-order valence-electron chi connectivity index (χ3n) is 4.98. The van der Waals surface area contributed by atoms with Crippen LogP contribution >= 0.6 is 12.2 Å². The number of benzene rings is 2. The number of quaternary nitrogens is 1. The number of thiocarbonyl (C=S) groups is 1. The van der Waals surface area contributed by atoms with Gasteiger partial charge in [-0.05, 0) is 60.6 Å². The lowest BCUT2D eigenvalue weighted by Gasteiger charge is -2.34. The maximum Gasteiger partial charge on any atom is 0.173 e. The average Bonchev–Trinajstić information content (AvgIpc) is 2.69. The molecule has 1 aliphatic rings. The number of piperazine rings is 1. The molecule has 4 nitrogen and oxygen atoms in total. The van der Waals surface area contributed by atoms with E-state index in [1.165, 1.54) is 11.1 Å². The molecular formula is C21H28N3OS+. The summed E-state index contributed by atoms with van der Waals surface area (Å²) in [7, 11) is 1.70. The number of hydrogen-bond acceptors (Lipinski definition) is 2. The van der Waals surface area contributed by atoms with E-state index in [1.807, 2.05) is 12.1 Å². The van der Waals surface area contributed by atoms with Crippen LogP contribution in [-0.2, 0) is 13.0 Å². The van der Waals surface area contributed by atoms with Crippen molar-refractivity contribution in [3.63, 3.8) is 0 Å². The molecule has 138 valence electrons. The quantitative estimate of drug-likeness (QED) is 0.791. The van der Waals surface area contributed by atoms with Crippen LogP contribution in [0.25, 0.3) is 0 Å². The monoisotopic (exact) mass is 370 g/mol. The maximum atomic E-state index is 5.60. The highest BCUT2D eigenvalue weighted by Crippen LogP contribution is 2.12. The second-order valence-electron chi connectivity index (χ2n) is 6.74. The number of aryl methyl sites for hydroxylation is 1. The zero-order valence-corrected chi connectivity index (χ0v) is 16.4. The first-order valence-corrected chi connectivity index (χ1v) is 9.70. The molecule has 1 aliphatic heterocycles. The second-order valence-corrected chi connectivity index (χ2v) is 7.13. The summed E-state index contributed by atoms with van der Waals surface area (Å²) in [4.78, 5) is 3.88. The Balaban J connectivity index is 1.46. The predicted molar refractivity (Wildman–Crippen MR) is 111 cm³/mol. The van der Waals surface area contributed by atoms with Gasteiger partial charge in [0.1, 0.15) is 12.3 Å². The van der Waals surface area contributed by atoms with Crippen LogP contribution in [0, 0.1) is 0 Å². The molecule has 0 radical (unpaired) electrons. The molecule has 0 aliphatic carbocycles. The first-order chi connectivity index (χ1) is 12.7. The van der Waals surface area contributed by atoms with Crippen LogP contribution in [0.2, 0.25) is 0 Å². The molecular weight excluding hydrogens is 342 g/mol. The first kappa shape index (κ1) is 18.7. The molecule has 0 saturated carbocycles. The third-order valence-corrected chi connectivity index (χ3v) is 5.34. The van der Waals surface area contributed by atoms with Crippen LogP contribution < -0.4 is 15.0 Å². The zero-order valence-electron chi connectivity index (χ0n) is 15.6. The minimum Gasteiger partial charge on any atom is -0.497 e. The van der Waals surface area contributed by atoms with E-state index < -0.39 is 0 Å². The van der Waals surface area contributed by atoms with Crippen LogP contribution in [-0.4, -0.2) is 43.3 Å². The Morgan fingerprint density at radius 3 is 2.23 bits per heavy atom. The van der Waals surface area contributed by atoms with Gasteiger partial charge in [0, 0.05) is 11.3 Å². The highest BCUT2D eigenvalue weighted by molar-refractivity contribution is 7.80. The van der Waals surface area contributed by atoms with Crippen molar-refractivity contribution in [2.24, 2.45) is 0 Å². The van der Waals surface area contributed by atoms with Crippen molar-refractivity contribution in [2.45, 2.75) is 19.9 Å². The van der Waals surface area contributed by atoms with Gasteiger partial charge in [-0.1, -0.05) is 19.1 Å². The summed E-state index contributed by atoms with van der Waals surface area (Å²) in [5.41, 5.74) is 3.77. The molecule has 5 heteroatoms. The van der Waals surface area contributed by atoms with Gasteiger partial charge >= 0.3 is 0 Å². The number of hydrogen-bond donors (Lipinski definition) is 2. The lowest BCUT2D eigenvalue weighted by atomic mass is 10.1. The normalized spacial score (nSPS) is 14.9. The van der Waals surface area contributed by atoms with E-state index in [4.69, 9.17) is 17.0 Å². The van der Waals surface area contributed by atoms with Crippen molar-refractivity contribution >= 4 is 23.0 Å². The zero-order chi connectivity index (χ0) is 18.4. The summed E-state index contributed by atoms with van der Waals surface area (Å²) in [6, 6.07) is 16.9. The lowest BCUT2D eigenvalue weighted by molar-refractivity contribution is -0.917. The van der Waals surface area contributed by atoms with E-state index in [0.717, 1.165) is 55.7 Å². The number of nitrogens with zero attached hydrogens (tertiary/aromatic N) is 1. The van der Waals surface area contributed by atoms with Crippen molar-refractivity contribution < 1.29 is 9.64 Å². The van der Waals surface area contributed by atoms with Gasteiger partial charge in [-0.3, -0.25) is 0 Å². The molecule has 1 heterocycles. The van der Waals surface area contributed by atoms with Gasteiger partial charge in [0.25, 0.3) is 0 Å². The third kappa shape index (κ3) is 4.96. The summed E-state index contributed by atoms with van der Waals surface area (Å²) < 4.78 is 5.23. The molecule has 0 amide bonds. The van der Waals surface area contributed by atoms with Gasteiger partial charge in [0.15, 0.2) is 5.11 Å². The Morgan fingerprint density at radius 2 is 1.65 bits per heavy atom. The fourth-order valence-corrected chi connectivity index (χ4v) is 3.56. The van der Waals surface area contributed by atoms with Crippen LogP contribution in [0.15, 0.2) is 48.5 Å². The van der Waals surface area contributed by atoms with E-state index in [2.05, 4.69) is 53.5 Å². The van der Waals surface area contributed by atoms with Gasteiger partial charge < -0.3 is 19.9 Å². The van der Waals surface area contributed by atoms with Gasteiger partial charge in [-0.25, -0.2) is 0 Å². The van der Waals surface area contributed by atoms with Crippen LogP contribution in [0.4, 0.5) is 5.69 Å². The molecule has 2 aromatic rings. The molecule has 2 N–H and O–H groups in total. The topological polar surface area (TPSA) is 28.9 Å². The second kappa shape index (κ2) is 9.01. The molecule has 2 aromatic carbocycles. The summed E-state index contributed by atoms with van der Waals surface area (Å²) in [6.07, 6.45) is 1.06. The van der Waals surface area contributed by atoms with Gasteiger partial charge in [0.05, 0.1) is 33.3 Å². The Bertz CT molecular complexity index is 707. The van der Waals surface area contributed by atoms with Crippen LogP contribution in [0.1, 0.15) is 18.1 Å². The average molecular weight is 371 g/mol. The SMILES string of the molecule is CCc1ccc(NC(=S)N2CC[NH+](Cc3ccc(OC)cc3)CC2)cc1. The molecule has 0 aromatic heterocycles. The van der Waals surface area contributed by atoms with Gasteiger partial charge in [-0.15, -0.1) is 0 Å². The Kier molecular flexibility index (Phi) is 6.47. The summed E-state index contributed by atoms with van der Waals surface area (Å²) in [5, 5.41) is 4.21. The van der Waals surface area contributed by atoms with Crippen LogP contribution in [0.3, 0.4) is 0 Å². The van der Waals surface area contributed by atoms with Crippen molar-refractivity contribution in [3.8, 4) is 5.75 Å².